The number of benzene rings is 4. The molecule has 4 aromatic carbocycles. The van der Waals surface area contributed by atoms with Gasteiger partial charge in [0.15, 0.2) is 23.3 Å². The minimum Gasteiger partial charge on any atom is -0.382 e. The van der Waals surface area contributed by atoms with Crippen molar-refractivity contribution in [3.63, 3.8) is 0 Å². The van der Waals surface area contributed by atoms with Crippen molar-refractivity contribution in [3.05, 3.63) is 97.1 Å². The molecule has 0 saturated heterocycles. The van der Waals surface area contributed by atoms with E-state index in [1.807, 2.05) is 104 Å². The molecule has 0 fully saturated rings. The number of H-pyrrole nitrogens is 2. The van der Waals surface area contributed by atoms with Gasteiger partial charge in [0.05, 0.1) is 0 Å². The molecule has 0 amide bonds. The van der Waals surface area contributed by atoms with Crippen LogP contribution in [0.5, 0.6) is 0 Å². The standard InChI is InChI=1S/C32H18N8.C6H14O/c1-2-10-18-17(9-1)25-33-26(18)38-28-21-13-5-6-14-22(21)30(35-28)40-32-24-16-8-7-15-23(24)31(36-32)39-29-20-12-4-3-11-19(20)27(34-29)37-25;1-3-5-6-7-4-2/h1-16H,(H2,33,34,35,36,37,38,39,40);3-6H2,1-2H3. The van der Waals surface area contributed by atoms with Crippen LogP contribution in [0.3, 0.4) is 0 Å². The lowest BCUT2D eigenvalue weighted by Gasteiger charge is -1.96. The van der Waals surface area contributed by atoms with Crippen LogP contribution >= 0.6 is 0 Å². The summed E-state index contributed by atoms with van der Waals surface area (Å²) in [5.74, 6) is 2.39. The summed E-state index contributed by atoms with van der Waals surface area (Å²) in [7, 11) is 0. The molecule has 0 radical (unpaired) electrons. The summed E-state index contributed by atoms with van der Waals surface area (Å²) in [5.41, 5.74) is 6.45. The molecule has 47 heavy (non-hydrogen) atoms. The fourth-order valence-corrected chi connectivity index (χ4v) is 5.98. The molecule has 0 saturated carbocycles. The van der Waals surface area contributed by atoms with E-state index < -0.39 is 0 Å². The number of aromatic amines is 2. The molecule has 0 unspecified atom stereocenters. The molecule has 9 rings (SSSR count). The predicted molar refractivity (Wildman–Crippen MR) is 187 cm³/mol. The number of rotatable bonds is 4. The largest absolute Gasteiger partial charge is 0.382 e. The number of ether oxygens (including phenoxy) is 1. The highest BCUT2D eigenvalue weighted by atomic mass is 16.5. The number of unbranched alkanes of at least 4 members (excludes halogenated alkanes) is 1. The number of nitrogens with zero attached hydrogens (tertiary/aromatic N) is 6. The van der Waals surface area contributed by atoms with Crippen molar-refractivity contribution >= 4 is 44.1 Å². The third-order valence-corrected chi connectivity index (χ3v) is 8.31. The maximum Gasteiger partial charge on any atom is 0.164 e. The van der Waals surface area contributed by atoms with Gasteiger partial charge in [-0.3, -0.25) is 0 Å². The van der Waals surface area contributed by atoms with Gasteiger partial charge in [0.1, 0.15) is 22.6 Å². The van der Waals surface area contributed by atoms with Crippen LogP contribution in [0.2, 0.25) is 0 Å². The highest BCUT2D eigenvalue weighted by Gasteiger charge is 2.21. The minimum absolute atomic E-state index is 0.597. The van der Waals surface area contributed by atoms with E-state index in [4.69, 9.17) is 34.6 Å². The number of nitrogens with one attached hydrogen (secondary N) is 2. The van der Waals surface area contributed by atoms with Gasteiger partial charge < -0.3 is 14.7 Å². The van der Waals surface area contributed by atoms with Crippen molar-refractivity contribution in [2.75, 3.05) is 13.2 Å². The number of fused-ring (bicyclic) bond motifs is 20. The Bertz CT molecular complexity index is 2120. The van der Waals surface area contributed by atoms with E-state index in [-0.39, 0.29) is 0 Å². The molecular formula is C38H32N8O. The highest BCUT2D eigenvalue weighted by molar-refractivity contribution is 6.06. The van der Waals surface area contributed by atoms with Gasteiger partial charge >= 0.3 is 0 Å². The third-order valence-electron chi connectivity index (χ3n) is 8.31. The Labute approximate surface area is 270 Å². The number of hydrogen-bond acceptors (Lipinski definition) is 7. The lowest BCUT2D eigenvalue weighted by atomic mass is 10.1. The molecule has 7 aromatic rings. The molecule has 2 aliphatic rings. The second kappa shape index (κ2) is 12.2. The van der Waals surface area contributed by atoms with Gasteiger partial charge in [-0.15, -0.1) is 0 Å². The molecule has 5 heterocycles. The van der Waals surface area contributed by atoms with E-state index in [1.54, 1.807) is 0 Å². The zero-order chi connectivity index (χ0) is 31.7. The van der Waals surface area contributed by atoms with Crippen LogP contribution in [0.4, 0.5) is 0 Å². The Morgan fingerprint density at radius 1 is 0.447 bits per heavy atom. The monoisotopic (exact) mass is 616 g/mol. The van der Waals surface area contributed by atoms with Crippen LogP contribution in [-0.2, 0) is 4.74 Å². The zero-order valence-corrected chi connectivity index (χ0v) is 26.2. The first-order valence-corrected chi connectivity index (χ1v) is 16.0. The topological polar surface area (TPSA) is 118 Å². The third kappa shape index (κ3) is 5.20. The van der Waals surface area contributed by atoms with Crippen molar-refractivity contribution in [1.82, 2.24) is 39.9 Å². The first-order valence-electron chi connectivity index (χ1n) is 16.0. The van der Waals surface area contributed by atoms with E-state index >= 15 is 0 Å². The molecule has 9 nitrogen and oxygen atoms in total. The Hall–Kier alpha value is -5.80. The van der Waals surface area contributed by atoms with E-state index in [9.17, 15) is 0 Å². The molecule has 3 aromatic heterocycles. The molecule has 0 spiro atoms. The summed E-state index contributed by atoms with van der Waals surface area (Å²) in [6.07, 6.45) is 2.44. The van der Waals surface area contributed by atoms with Crippen LogP contribution in [0, 0.1) is 0 Å². The summed E-state index contributed by atoms with van der Waals surface area (Å²) in [6.45, 7) is 5.99. The summed E-state index contributed by atoms with van der Waals surface area (Å²) >= 11 is 0. The lowest BCUT2D eigenvalue weighted by molar-refractivity contribution is 0.144. The molecule has 230 valence electrons. The molecule has 0 aliphatic carbocycles. The molecule has 2 N–H and O–H groups in total. The van der Waals surface area contributed by atoms with Crippen molar-refractivity contribution < 1.29 is 4.74 Å². The van der Waals surface area contributed by atoms with Crippen LogP contribution in [0.25, 0.3) is 89.7 Å². The maximum absolute atomic E-state index is 5.07. The fraction of sp³-hybridized carbons (Fsp3) is 0.158. The first-order chi connectivity index (χ1) is 23.2. The molecule has 9 heteroatoms. The van der Waals surface area contributed by atoms with E-state index in [1.165, 1.54) is 12.8 Å². The summed E-state index contributed by atoms with van der Waals surface area (Å²) in [6, 6.07) is 32.2. The van der Waals surface area contributed by atoms with Crippen molar-refractivity contribution in [2.24, 2.45) is 0 Å². The maximum atomic E-state index is 5.07. The van der Waals surface area contributed by atoms with Crippen LogP contribution < -0.4 is 0 Å². The van der Waals surface area contributed by atoms with Crippen LogP contribution in [-0.4, -0.2) is 53.1 Å². The molecule has 8 bridgehead atoms. The molecule has 0 atom stereocenters. The van der Waals surface area contributed by atoms with Crippen molar-refractivity contribution in [3.8, 4) is 45.6 Å². The van der Waals surface area contributed by atoms with Crippen LogP contribution in [0.15, 0.2) is 97.1 Å². The van der Waals surface area contributed by atoms with Gasteiger partial charge in [-0.25, -0.2) is 29.9 Å². The first kappa shape index (κ1) is 28.7. The zero-order valence-electron chi connectivity index (χ0n) is 26.2. The van der Waals surface area contributed by atoms with Crippen LogP contribution in [0.1, 0.15) is 26.7 Å². The van der Waals surface area contributed by atoms with Gasteiger partial charge in [0.25, 0.3) is 0 Å². The highest BCUT2D eigenvalue weighted by Crippen LogP contribution is 2.36. The Balaban J connectivity index is 0.000000420. The van der Waals surface area contributed by atoms with E-state index in [2.05, 4.69) is 16.9 Å². The number of hydrogen-bond donors (Lipinski definition) is 2. The second-order valence-electron chi connectivity index (χ2n) is 11.3. The van der Waals surface area contributed by atoms with Gasteiger partial charge in [-0.2, -0.15) is 0 Å². The summed E-state index contributed by atoms with van der Waals surface area (Å²) in [5, 5.41) is 3.82. The van der Waals surface area contributed by atoms with Gasteiger partial charge in [-0.1, -0.05) is 110 Å². The second-order valence-corrected chi connectivity index (χ2v) is 11.3. The smallest absolute Gasteiger partial charge is 0.164 e. The molecular weight excluding hydrogens is 584 g/mol. The van der Waals surface area contributed by atoms with Gasteiger partial charge in [0.2, 0.25) is 0 Å². The summed E-state index contributed by atoms with van der Waals surface area (Å²) in [4.78, 5) is 36.8. The average Bonchev–Trinajstić information content (AvgIpc) is 3.85. The Morgan fingerprint density at radius 2 is 0.766 bits per heavy atom. The van der Waals surface area contributed by atoms with Crippen molar-refractivity contribution in [1.29, 1.82) is 0 Å². The fourth-order valence-electron chi connectivity index (χ4n) is 5.98. The average molecular weight is 617 g/mol. The van der Waals surface area contributed by atoms with Crippen molar-refractivity contribution in [2.45, 2.75) is 26.7 Å². The summed E-state index contributed by atoms with van der Waals surface area (Å²) < 4.78 is 5.07. The normalized spacial score (nSPS) is 11.6. The molecule has 2 aliphatic heterocycles. The van der Waals surface area contributed by atoms with E-state index in [0.717, 1.165) is 57.0 Å². The Morgan fingerprint density at radius 3 is 1.06 bits per heavy atom. The van der Waals surface area contributed by atoms with Gasteiger partial charge in [-0.05, 0) is 13.3 Å². The van der Waals surface area contributed by atoms with Gasteiger partial charge in [0, 0.05) is 57.0 Å². The number of aromatic nitrogens is 8. The SMILES string of the molecule is CCCCOCC.c1ccc2c(c1)-c1nc-2nc2[nH]c(nc3nc(nc4[nH]c(n1)c1ccccc41)-c1ccccc1-3)c1ccccc21. The Kier molecular flexibility index (Phi) is 7.43. The van der Waals surface area contributed by atoms with E-state index in [0.29, 0.717) is 45.9 Å². The minimum atomic E-state index is 0.597. The predicted octanol–water partition coefficient (Wildman–Crippen LogP) is 8.69. The lowest BCUT2D eigenvalue weighted by Crippen LogP contribution is -1.90. The quantitative estimate of drug-likeness (QED) is 0.190.